The van der Waals surface area contributed by atoms with Gasteiger partial charge in [-0.1, -0.05) is 18.2 Å². The monoisotopic (exact) mass is 476 g/mol. The van der Waals surface area contributed by atoms with E-state index in [4.69, 9.17) is 9.52 Å². The van der Waals surface area contributed by atoms with E-state index in [-0.39, 0.29) is 24.2 Å². The van der Waals surface area contributed by atoms with E-state index in [1.165, 1.54) is 11.3 Å². The number of benzene rings is 2. The molecule has 8 heteroatoms. The minimum absolute atomic E-state index is 0.0115. The van der Waals surface area contributed by atoms with Crippen molar-refractivity contribution in [2.45, 2.75) is 20.3 Å². The highest BCUT2D eigenvalue weighted by Gasteiger charge is 2.23. The first-order valence-corrected chi connectivity index (χ1v) is 11.9. The Morgan fingerprint density at radius 2 is 1.63 bits per heavy atom. The molecule has 1 aromatic heterocycles. The lowest BCUT2D eigenvalue weighted by Gasteiger charge is -2.38. The van der Waals surface area contributed by atoms with Crippen molar-refractivity contribution in [3.8, 4) is 0 Å². The molecule has 0 spiro atoms. The Balaban J connectivity index is 1.55. The molecule has 4 rings (SSSR count). The minimum atomic E-state index is -0.365. The highest BCUT2D eigenvalue weighted by Crippen LogP contribution is 2.30. The first kappa shape index (κ1) is 24.3. The molecule has 0 radical (unpaired) electrons. The number of anilines is 3. The Morgan fingerprint density at radius 3 is 2.29 bits per heavy atom. The van der Waals surface area contributed by atoms with Gasteiger partial charge in [-0.25, -0.2) is 0 Å². The van der Waals surface area contributed by atoms with Crippen molar-refractivity contribution in [2.75, 3.05) is 54.4 Å². The summed E-state index contributed by atoms with van der Waals surface area (Å²) < 4.78 is 5.48. The first-order chi connectivity index (χ1) is 17.0. The Morgan fingerprint density at radius 1 is 0.914 bits per heavy atom. The lowest BCUT2D eigenvalue weighted by atomic mass is 10.1. The normalized spacial score (nSPS) is 13.6. The van der Waals surface area contributed by atoms with E-state index in [9.17, 15) is 9.59 Å². The number of hydrogen-bond acceptors (Lipinski definition) is 6. The van der Waals surface area contributed by atoms with E-state index in [1.807, 2.05) is 12.1 Å². The lowest BCUT2D eigenvalue weighted by molar-refractivity contribution is 0.0949. The molecule has 1 saturated heterocycles. The van der Waals surface area contributed by atoms with E-state index in [0.717, 1.165) is 31.9 Å². The summed E-state index contributed by atoms with van der Waals surface area (Å²) in [6.07, 6.45) is 0.483. The van der Waals surface area contributed by atoms with Gasteiger partial charge in [-0.3, -0.25) is 9.59 Å². The van der Waals surface area contributed by atoms with Crippen LogP contribution in [0.4, 0.5) is 17.1 Å². The summed E-state index contributed by atoms with van der Waals surface area (Å²) >= 11 is 0. The molecule has 184 valence electrons. The summed E-state index contributed by atoms with van der Waals surface area (Å²) in [5.41, 5.74) is 4.35. The van der Waals surface area contributed by atoms with Crippen LogP contribution in [0.1, 0.15) is 38.7 Å². The number of aliphatic hydroxyl groups is 1. The molecule has 0 saturated carbocycles. The third-order valence-corrected chi connectivity index (χ3v) is 6.17. The molecular formula is C27H32N4O4. The van der Waals surface area contributed by atoms with Crippen LogP contribution in [0.2, 0.25) is 0 Å². The summed E-state index contributed by atoms with van der Waals surface area (Å²) in [6, 6.07) is 17.1. The standard InChI is InChI=1S/C27H32N4O4/c1-19-6-3-4-7-23(19)30-13-15-31(16-14-30)24-10-9-21(26(33)28-12-5-17-32)18-22(24)29-27(34)25-11-8-20(2)35-25/h3-4,6-11,18,32H,5,12-17H2,1-2H3,(H,28,33)(H,29,34). The van der Waals surface area contributed by atoms with Crippen molar-refractivity contribution in [1.82, 2.24) is 5.32 Å². The average Bonchev–Trinajstić information content (AvgIpc) is 3.31. The summed E-state index contributed by atoms with van der Waals surface area (Å²) in [7, 11) is 0. The van der Waals surface area contributed by atoms with Crippen molar-refractivity contribution in [3.05, 3.63) is 77.2 Å². The summed E-state index contributed by atoms with van der Waals surface area (Å²) in [5.74, 6) is 0.254. The molecule has 0 unspecified atom stereocenters. The number of hydrogen-bond donors (Lipinski definition) is 3. The number of furan rings is 1. The number of carbonyl (C=O) groups is 2. The van der Waals surface area contributed by atoms with Crippen molar-refractivity contribution in [2.24, 2.45) is 0 Å². The lowest BCUT2D eigenvalue weighted by Crippen LogP contribution is -2.47. The third kappa shape index (κ3) is 5.84. The van der Waals surface area contributed by atoms with Gasteiger partial charge in [-0.2, -0.15) is 0 Å². The molecule has 2 heterocycles. The topological polar surface area (TPSA) is 98.0 Å². The minimum Gasteiger partial charge on any atom is -0.456 e. The quantitative estimate of drug-likeness (QED) is 0.430. The number of aliphatic hydroxyl groups excluding tert-OH is 1. The van der Waals surface area contributed by atoms with Gasteiger partial charge in [0.25, 0.3) is 11.8 Å². The summed E-state index contributed by atoms with van der Waals surface area (Å²) in [4.78, 5) is 30.1. The SMILES string of the molecule is Cc1ccc(C(=O)Nc2cc(C(=O)NCCCO)ccc2N2CCN(c3ccccc3C)CC2)o1. The molecule has 1 fully saturated rings. The van der Waals surface area contributed by atoms with E-state index in [0.29, 0.717) is 30.0 Å². The largest absolute Gasteiger partial charge is 0.456 e. The number of rotatable bonds is 8. The number of nitrogens with zero attached hydrogens (tertiary/aromatic N) is 2. The molecule has 2 amide bonds. The molecule has 1 aliphatic heterocycles. The maximum Gasteiger partial charge on any atom is 0.291 e. The van der Waals surface area contributed by atoms with Gasteiger partial charge in [0.2, 0.25) is 0 Å². The fraction of sp³-hybridized carbons (Fsp3) is 0.333. The zero-order valence-corrected chi connectivity index (χ0v) is 20.2. The van der Waals surface area contributed by atoms with Gasteiger partial charge in [0.1, 0.15) is 5.76 Å². The number of amides is 2. The second kappa shape index (κ2) is 11.1. The Kier molecular flexibility index (Phi) is 7.72. The number of nitrogens with one attached hydrogen (secondary N) is 2. The van der Waals surface area contributed by atoms with E-state index in [1.54, 1.807) is 31.2 Å². The van der Waals surface area contributed by atoms with Gasteiger partial charge in [0.05, 0.1) is 11.4 Å². The van der Waals surface area contributed by atoms with Crippen LogP contribution in [-0.2, 0) is 0 Å². The fourth-order valence-corrected chi connectivity index (χ4v) is 4.28. The zero-order chi connectivity index (χ0) is 24.8. The molecule has 3 N–H and O–H groups in total. The highest BCUT2D eigenvalue weighted by molar-refractivity contribution is 6.05. The number of carbonyl (C=O) groups excluding carboxylic acids is 2. The molecule has 2 aromatic carbocycles. The van der Waals surface area contributed by atoms with Crippen LogP contribution in [-0.4, -0.2) is 56.3 Å². The number of piperazine rings is 1. The van der Waals surface area contributed by atoms with Gasteiger partial charge >= 0.3 is 0 Å². The summed E-state index contributed by atoms with van der Waals surface area (Å²) in [6.45, 7) is 7.54. The number of para-hydroxylation sites is 1. The van der Waals surface area contributed by atoms with Crippen LogP contribution in [0.5, 0.6) is 0 Å². The molecule has 3 aromatic rings. The van der Waals surface area contributed by atoms with Crippen LogP contribution >= 0.6 is 0 Å². The van der Waals surface area contributed by atoms with Gasteiger partial charge in [0.15, 0.2) is 5.76 Å². The second-order valence-corrected chi connectivity index (χ2v) is 8.69. The van der Waals surface area contributed by atoms with Gasteiger partial charge in [-0.05, 0) is 62.2 Å². The van der Waals surface area contributed by atoms with Crippen LogP contribution in [0.15, 0.2) is 59.0 Å². The van der Waals surface area contributed by atoms with E-state index in [2.05, 4.69) is 45.6 Å². The smallest absolute Gasteiger partial charge is 0.291 e. The number of aryl methyl sites for hydroxylation is 2. The molecule has 0 aliphatic carbocycles. The molecule has 1 aliphatic rings. The molecule has 0 bridgehead atoms. The van der Waals surface area contributed by atoms with Gasteiger partial charge < -0.3 is 30.0 Å². The van der Waals surface area contributed by atoms with Crippen molar-refractivity contribution in [3.63, 3.8) is 0 Å². The maximum atomic E-state index is 12.9. The third-order valence-electron chi connectivity index (χ3n) is 6.17. The Bertz CT molecular complexity index is 1180. The Hall–Kier alpha value is -3.78. The average molecular weight is 477 g/mol. The van der Waals surface area contributed by atoms with Crippen LogP contribution in [0, 0.1) is 13.8 Å². The van der Waals surface area contributed by atoms with E-state index < -0.39 is 0 Å². The van der Waals surface area contributed by atoms with E-state index >= 15 is 0 Å². The van der Waals surface area contributed by atoms with Gasteiger partial charge in [-0.15, -0.1) is 0 Å². The van der Waals surface area contributed by atoms with Crippen molar-refractivity contribution < 1.29 is 19.1 Å². The summed E-state index contributed by atoms with van der Waals surface area (Å²) in [5, 5.41) is 14.7. The highest BCUT2D eigenvalue weighted by atomic mass is 16.3. The fourth-order valence-electron chi connectivity index (χ4n) is 4.28. The Labute approximate surface area is 205 Å². The van der Waals surface area contributed by atoms with Crippen LogP contribution in [0.25, 0.3) is 0 Å². The molecule has 8 nitrogen and oxygen atoms in total. The molecule has 35 heavy (non-hydrogen) atoms. The predicted molar refractivity (Wildman–Crippen MR) is 137 cm³/mol. The maximum absolute atomic E-state index is 12.9. The molecule has 0 atom stereocenters. The predicted octanol–water partition coefficient (Wildman–Crippen LogP) is 3.59. The van der Waals surface area contributed by atoms with Crippen molar-refractivity contribution >= 4 is 28.9 Å². The van der Waals surface area contributed by atoms with Gasteiger partial charge in [0, 0.05) is 50.6 Å². The zero-order valence-electron chi connectivity index (χ0n) is 20.2. The van der Waals surface area contributed by atoms with Crippen LogP contribution < -0.4 is 20.4 Å². The molecular weight excluding hydrogens is 444 g/mol. The first-order valence-electron chi connectivity index (χ1n) is 11.9. The van der Waals surface area contributed by atoms with Crippen LogP contribution in [0.3, 0.4) is 0 Å². The second-order valence-electron chi connectivity index (χ2n) is 8.69. The van der Waals surface area contributed by atoms with Crippen molar-refractivity contribution in [1.29, 1.82) is 0 Å².